The van der Waals surface area contributed by atoms with Crippen molar-refractivity contribution in [3.8, 4) is 0 Å². The van der Waals surface area contributed by atoms with Gasteiger partial charge in [-0.3, -0.25) is 9.35 Å². The van der Waals surface area contributed by atoms with Crippen LogP contribution < -0.4 is 0 Å². The van der Waals surface area contributed by atoms with Gasteiger partial charge in [0, 0.05) is 6.42 Å². The van der Waals surface area contributed by atoms with Crippen molar-refractivity contribution in [1.82, 2.24) is 0 Å². The van der Waals surface area contributed by atoms with Crippen LogP contribution in [0.3, 0.4) is 0 Å². The van der Waals surface area contributed by atoms with Crippen LogP contribution in [-0.2, 0) is 19.6 Å². The predicted molar refractivity (Wildman–Crippen MR) is 58.3 cm³/mol. The maximum atomic E-state index is 13.8. The predicted octanol–water partition coefficient (Wildman–Crippen LogP) is 2.03. The van der Waals surface area contributed by atoms with Crippen molar-refractivity contribution in [1.29, 1.82) is 0 Å². The summed E-state index contributed by atoms with van der Waals surface area (Å²) in [5, 5.41) is -3.32. The molecule has 5 nitrogen and oxygen atoms in total. The first-order valence-corrected chi connectivity index (χ1v) is 7.13. The Morgan fingerprint density at radius 2 is 1.94 bits per heavy atom. The fourth-order valence-corrected chi connectivity index (χ4v) is 2.43. The summed E-state index contributed by atoms with van der Waals surface area (Å²) in [6.07, 6.45) is 3.21. The Morgan fingerprint density at radius 3 is 2.35 bits per heavy atom. The summed E-state index contributed by atoms with van der Waals surface area (Å²) in [6, 6.07) is 0. The molecule has 1 aliphatic carbocycles. The van der Waals surface area contributed by atoms with Gasteiger partial charge in [0.2, 0.25) is 0 Å². The normalized spacial score (nSPS) is 21.8. The molecule has 1 atom stereocenters. The van der Waals surface area contributed by atoms with Gasteiger partial charge in [0.1, 0.15) is 0 Å². The van der Waals surface area contributed by atoms with E-state index in [0.717, 1.165) is 19.3 Å². The van der Waals surface area contributed by atoms with Gasteiger partial charge in [-0.25, -0.2) is 0 Å². The van der Waals surface area contributed by atoms with Crippen molar-refractivity contribution < 1.29 is 26.9 Å². The van der Waals surface area contributed by atoms with Crippen LogP contribution in [0.25, 0.3) is 0 Å². The van der Waals surface area contributed by atoms with E-state index < -0.39 is 33.6 Å². The molecule has 0 aliphatic heterocycles. The highest BCUT2D eigenvalue weighted by atomic mass is 32.2. The standard InChI is InChI=1S/C10H17FO5S/c1-2-10(11,17(13,14)15)16-9(12)8-6-4-3-5-7-8/h8H,2-7H2,1H3,(H,13,14,15). The van der Waals surface area contributed by atoms with Crippen LogP contribution in [-0.4, -0.2) is 24.1 Å². The lowest BCUT2D eigenvalue weighted by molar-refractivity contribution is -0.172. The number of alkyl halides is 1. The van der Waals surface area contributed by atoms with Crippen molar-refractivity contribution in [2.75, 3.05) is 0 Å². The monoisotopic (exact) mass is 268 g/mol. The molecule has 0 aromatic heterocycles. The minimum atomic E-state index is -5.06. The van der Waals surface area contributed by atoms with E-state index in [9.17, 15) is 17.6 Å². The van der Waals surface area contributed by atoms with E-state index in [-0.39, 0.29) is 0 Å². The van der Waals surface area contributed by atoms with E-state index in [1.807, 2.05) is 0 Å². The third kappa shape index (κ3) is 3.38. The Hall–Kier alpha value is -0.690. The molecule has 0 amide bonds. The molecule has 0 aromatic rings. The Morgan fingerprint density at radius 1 is 1.41 bits per heavy atom. The van der Waals surface area contributed by atoms with Gasteiger partial charge >= 0.3 is 21.3 Å². The lowest BCUT2D eigenvalue weighted by atomic mass is 9.89. The van der Waals surface area contributed by atoms with Crippen molar-refractivity contribution >= 4 is 16.1 Å². The van der Waals surface area contributed by atoms with Gasteiger partial charge in [0.25, 0.3) is 0 Å². The molecule has 0 heterocycles. The molecule has 100 valence electrons. The van der Waals surface area contributed by atoms with Crippen LogP contribution in [0.15, 0.2) is 0 Å². The molecule has 1 saturated carbocycles. The fraction of sp³-hybridized carbons (Fsp3) is 0.900. The smallest absolute Gasteiger partial charge is 0.376 e. The summed E-state index contributed by atoms with van der Waals surface area (Å²) in [5.74, 6) is -1.35. The second-order valence-electron chi connectivity index (χ2n) is 4.24. The second kappa shape index (κ2) is 5.30. The van der Waals surface area contributed by atoms with Gasteiger partial charge in [-0.05, 0) is 12.8 Å². The van der Waals surface area contributed by atoms with Gasteiger partial charge in [0.15, 0.2) is 0 Å². The molecular formula is C10H17FO5S. The molecule has 1 unspecified atom stereocenters. The maximum Gasteiger partial charge on any atom is 0.376 e. The average molecular weight is 268 g/mol. The largest absolute Gasteiger partial charge is 0.412 e. The highest BCUT2D eigenvalue weighted by Crippen LogP contribution is 2.30. The molecule has 1 rings (SSSR count). The van der Waals surface area contributed by atoms with Crippen LogP contribution in [0, 0.1) is 5.92 Å². The lowest BCUT2D eigenvalue weighted by Crippen LogP contribution is -2.40. The molecule has 7 heteroatoms. The summed E-state index contributed by atoms with van der Waals surface area (Å²) < 4.78 is 48.4. The highest BCUT2D eigenvalue weighted by Gasteiger charge is 2.47. The van der Waals surface area contributed by atoms with Gasteiger partial charge in [-0.2, -0.15) is 12.8 Å². The van der Waals surface area contributed by atoms with Crippen molar-refractivity contribution in [2.45, 2.75) is 50.6 Å². The maximum absolute atomic E-state index is 13.8. The van der Waals surface area contributed by atoms with E-state index in [4.69, 9.17) is 4.55 Å². The first-order chi connectivity index (χ1) is 7.80. The Labute approximate surface area is 100 Å². The third-order valence-electron chi connectivity index (χ3n) is 3.00. The van der Waals surface area contributed by atoms with E-state index >= 15 is 0 Å². The van der Waals surface area contributed by atoms with Crippen molar-refractivity contribution in [3.63, 3.8) is 0 Å². The number of carbonyl (C=O) groups excluding carboxylic acids is 1. The summed E-state index contributed by atoms with van der Waals surface area (Å²) in [6.45, 7) is 1.18. The van der Waals surface area contributed by atoms with Crippen molar-refractivity contribution in [3.05, 3.63) is 0 Å². The van der Waals surface area contributed by atoms with Gasteiger partial charge < -0.3 is 4.74 Å². The summed E-state index contributed by atoms with van der Waals surface area (Å²) >= 11 is 0. The number of halogens is 1. The van der Waals surface area contributed by atoms with Crippen LogP contribution >= 0.6 is 0 Å². The summed E-state index contributed by atoms with van der Waals surface area (Å²) in [4.78, 5) is 11.6. The number of rotatable bonds is 4. The van der Waals surface area contributed by atoms with Gasteiger partial charge in [-0.15, -0.1) is 0 Å². The van der Waals surface area contributed by atoms with E-state index in [1.54, 1.807) is 0 Å². The zero-order chi connectivity index (χ0) is 13.1. The molecule has 1 fully saturated rings. The molecule has 0 radical (unpaired) electrons. The van der Waals surface area contributed by atoms with Gasteiger partial charge in [0.05, 0.1) is 5.92 Å². The lowest BCUT2D eigenvalue weighted by Gasteiger charge is -2.25. The highest BCUT2D eigenvalue weighted by molar-refractivity contribution is 7.86. The molecule has 1 N–H and O–H groups in total. The average Bonchev–Trinajstić information content (AvgIpc) is 2.28. The Kier molecular flexibility index (Phi) is 4.48. The molecule has 0 aromatic carbocycles. The second-order valence-corrected chi connectivity index (χ2v) is 5.80. The number of hydrogen-bond donors (Lipinski definition) is 1. The zero-order valence-electron chi connectivity index (χ0n) is 9.69. The fourth-order valence-electron chi connectivity index (χ4n) is 1.88. The van der Waals surface area contributed by atoms with Crippen LogP contribution in [0.4, 0.5) is 4.39 Å². The summed E-state index contributed by atoms with van der Waals surface area (Å²) in [7, 11) is -5.06. The van der Waals surface area contributed by atoms with Crippen LogP contribution in [0.1, 0.15) is 45.4 Å². The topological polar surface area (TPSA) is 80.7 Å². The Balaban J connectivity index is 2.71. The molecule has 0 spiro atoms. The molecule has 0 bridgehead atoms. The minimum Gasteiger partial charge on any atom is -0.412 e. The van der Waals surface area contributed by atoms with E-state index in [0.29, 0.717) is 12.8 Å². The first kappa shape index (κ1) is 14.4. The number of esters is 1. The van der Waals surface area contributed by atoms with E-state index in [1.165, 1.54) is 6.92 Å². The summed E-state index contributed by atoms with van der Waals surface area (Å²) in [5.41, 5.74) is 0. The SMILES string of the molecule is CCC(F)(OC(=O)C1CCCCC1)S(=O)(=O)O. The van der Waals surface area contributed by atoms with Crippen LogP contribution in [0.5, 0.6) is 0 Å². The first-order valence-electron chi connectivity index (χ1n) is 5.69. The number of hydrogen-bond acceptors (Lipinski definition) is 4. The number of ether oxygens (including phenoxy) is 1. The zero-order valence-corrected chi connectivity index (χ0v) is 10.5. The molecule has 1 aliphatic rings. The van der Waals surface area contributed by atoms with Gasteiger partial charge in [-0.1, -0.05) is 26.2 Å². The van der Waals surface area contributed by atoms with Crippen molar-refractivity contribution in [2.24, 2.45) is 5.92 Å². The molecule has 17 heavy (non-hydrogen) atoms. The Bertz CT molecular complexity index is 374. The molecule has 0 saturated heterocycles. The third-order valence-corrected chi connectivity index (χ3v) is 4.14. The quantitative estimate of drug-likeness (QED) is 0.623. The number of carbonyl (C=O) groups is 1. The molecular weight excluding hydrogens is 251 g/mol. The minimum absolute atomic E-state index is 0.466. The van der Waals surface area contributed by atoms with Crippen LogP contribution in [0.2, 0.25) is 0 Å². The van der Waals surface area contributed by atoms with E-state index in [2.05, 4.69) is 4.74 Å².